The molecule has 9 nitrogen and oxygen atoms in total. The van der Waals surface area contributed by atoms with Crippen molar-refractivity contribution in [1.82, 2.24) is 25.1 Å². The molecule has 3 aromatic rings. The van der Waals surface area contributed by atoms with Gasteiger partial charge < -0.3 is 15.5 Å². The fourth-order valence-corrected chi connectivity index (χ4v) is 3.74. The summed E-state index contributed by atoms with van der Waals surface area (Å²) < 4.78 is 2.62. The molecule has 0 radical (unpaired) electrons. The van der Waals surface area contributed by atoms with Crippen LogP contribution in [0, 0.1) is 12.8 Å². The van der Waals surface area contributed by atoms with Gasteiger partial charge in [-0.1, -0.05) is 15.9 Å². The number of hydrogen-bond donors (Lipinski definition) is 2. The Hall–Kier alpha value is -3.01. The molecule has 0 bridgehead atoms. The van der Waals surface area contributed by atoms with E-state index in [1.165, 1.54) is 0 Å². The van der Waals surface area contributed by atoms with Gasteiger partial charge in [-0.25, -0.2) is 0 Å². The maximum absolute atomic E-state index is 12.5. The Kier molecular flexibility index (Phi) is 5.93. The SMILES string of the molecule is Cc1cc(NC(=O)CNC(=O)C2CCN(c3ccc4nncn4n3)CC2)ccc1Br. The van der Waals surface area contributed by atoms with Crippen molar-refractivity contribution in [3.8, 4) is 0 Å². The van der Waals surface area contributed by atoms with Gasteiger partial charge in [-0.15, -0.1) is 15.3 Å². The monoisotopic (exact) mass is 471 g/mol. The Morgan fingerprint density at radius 1 is 1.20 bits per heavy atom. The van der Waals surface area contributed by atoms with Crippen molar-refractivity contribution in [3.63, 3.8) is 0 Å². The van der Waals surface area contributed by atoms with Crippen molar-refractivity contribution in [2.45, 2.75) is 19.8 Å². The lowest BCUT2D eigenvalue weighted by atomic mass is 9.96. The average molecular weight is 472 g/mol. The number of amides is 2. The largest absolute Gasteiger partial charge is 0.355 e. The Bertz CT molecular complexity index is 1080. The van der Waals surface area contributed by atoms with Crippen LogP contribution >= 0.6 is 15.9 Å². The van der Waals surface area contributed by atoms with E-state index < -0.39 is 0 Å². The van der Waals surface area contributed by atoms with Crippen LogP contribution in [0.3, 0.4) is 0 Å². The van der Waals surface area contributed by atoms with E-state index in [1.807, 2.05) is 37.3 Å². The number of rotatable bonds is 5. The summed E-state index contributed by atoms with van der Waals surface area (Å²) in [5.41, 5.74) is 2.44. The number of aryl methyl sites for hydroxylation is 1. The van der Waals surface area contributed by atoms with E-state index in [9.17, 15) is 9.59 Å². The molecule has 1 aromatic carbocycles. The van der Waals surface area contributed by atoms with Gasteiger partial charge in [0.1, 0.15) is 12.1 Å². The minimum atomic E-state index is -0.242. The molecule has 0 aliphatic carbocycles. The Balaban J connectivity index is 1.24. The molecule has 1 aliphatic heterocycles. The van der Waals surface area contributed by atoms with E-state index in [0.29, 0.717) is 24.2 Å². The van der Waals surface area contributed by atoms with E-state index >= 15 is 0 Å². The molecule has 10 heteroatoms. The predicted molar refractivity (Wildman–Crippen MR) is 116 cm³/mol. The van der Waals surface area contributed by atoms with E-state index in [1.54, 1.807) is 10.8 Å². The van der Waals surface area contributed by atoms with Crippen LogP contribution in [0.25, 0.3) is 5.65 Å². The van der Waals surface area contributed by atoms with Gasteiger partial charge in [-0.2, -0.15) is 4.52 Å². The summed E-state index contributed by atoms with van der Waals surface area (Å²) in [7, 11) is 0. The third-order valence-corrected chi connectivity index (χ3v) is 6.09. The molecule has 156 valence electrons. The van der Waals surface area contributed by atoms with Gasteiger partial charge in [-0.05, 0) is 55.7 Å². The second kappa shape index (κ2) is 8.78. The molecule has 0 saturated carbocycles. The molecule has 30 heavy (non-hydrogen) atoms. The highest BCUT2D eigenvalue weighted by molar-refractivity contribution is 9.10. The molecule has 1 aliphatic rings. The van der Waals surface area contributed by atoms with Crippen LogP contribution in [-0.4, -0.2) is 51.3 Å². The normalized spacial score (nSPS) is 14.7. The van der Waals surface area contributed by atoms with Crippen LogP contribution in [0.15, 0.2) is 41.1 Å². The Morgan fingerprint density at radius 2 is 2.00 bits per heavy atom. The molecule has 1 fully saturated rings. The van der Waals surface area contributed by atoms with Gasteiger partial charge in [0.15, 0.2) is 5.65 Å². The average Bonchev–Trinajstić information content (AvgIpc) is 3.23. The van der Waals surface area contributed by atoms with Crippen LogP contribution in [0.2, 0.25) is 0 Å². The molecule has 0 atom stereocenters. The van der Waals surface area contributed by atoms with Crippen molar-refractivity contribution in [2.24, 2.45) is 5.92 Å². The number of nitrogens with one attached hydrogen (secondary N) is 2. The highest BCUT2D eigenvalue weighted by Crippen LogP contribution is 2.22. The fraction of sp³-hybridized carbons (Fsp3) is 0.350. The summed E-state index contributed by atoms with van der Waals surface area (Å²) in [6.07, 6.45) is 2.99. The van der Waals surface area contributed by atoms with Crippen molar-refractivity contribution in [2.75, 3.05) is 29.9 Å². The van der Waals surface area contributed by atoms with Gasteiger partial charge in [0, 0.05) is 29.2 Å². The van der Waals surface area contributed by atoms with Gasteiger partial charge >= 0.3 is 0 Å². The zero-order valence-electron chi connectivity index (χ0n) is 16.5. The first-order valence-corrected chi connectivity index (χ1v) is 10.5. The maximum atomic E-state index is 12.5. The van der Waals surface area contributed by atoms with Gasteiger partial charge in [0.25, 0.3) is 0 Å². The van der Waals surface area contributed by atoms with E-state index in [0.717, 1.165) is 28.9 Å². The van der Waals surface area contributed by atoms with Crippen LogP contribution < -0.4 is 15.5 Å². The number of hydrogen-bond acceptors (Lipinski definition) is 6. The number of fused-ring (bicyclic) bond motifs is 1. The highest BCUT2D eigenvalue weighted by Gasteiger charge is 2.26. The first-order chi connectivity index (χ1) is 14.5. The van der Waals surface area contributed by atoms with Crippen molar-refractivity contribution >= 4 is 44.9 Å². The Morgan fingerprint density at radius 3 is 2.77 bits per heavy atom. The van der Waals surface area contributed by atoms with Crippen molar-refractivity contribution in [1.29, 1.82) is 0 Å². The summed E-state index contributed by atoms with van der Waals surface area (Å²) in [5, 5.41) is 17.9. The number of piperidine rings is 1. The smallest absolute Gasteiger partial charge is 0.243 e. The minimum absolute atomic E-state index is 0.0417. The molecule has 4 rings (SSSR count). The fourth-order valence-electron chi connectivity index (χ4n) is 3.50. The van der Waals surface area contributed by atoms with E-state index in [4.69, 9.17) is 0 Å². The number of carbonyl (C=O) groups is 2. The zero-order valence-corrected chi connectivity index (χ0v) is 18.1. The van der Waals surface area contributed by atoms with Gasteiger partial charge in [0.2, 0.25) is 11.8 Å². The standard InChI is InChI=1S/C20H22BrN7O2/c1-13-10-15(2-3-16(13)21)24-19(29)11-22-20(30)14-6-8-27(9-7-14)18-5-4-17-25-23-12-28(17)26-18/h2-5,10,12,14H,6-9,11H2,1H3,(H,22,30)(H,24,29). The molecule has 3 heterocycles. The topological polar surface area (TPSA) is 105 Å². The molecule has 2 N–H and O–H groups in total. The second-order valence-electron chi connectivity index (χ2n) is 7.32. The summed E-state index contributed by atoms with van der Waals surface area (Å²) in [6.45, 7) is 3.36. The number of nitrogens with zero attached hydrogens (tertiary/aromatic N) is 5. The highest BCUT2D eigenvalue weighted by atomic mass is 79.9. The quantitative estimate of drug-likeness (QED) is 0.590. The van der Waals surface area contributed by atoms with E-state index in [2.05, 4.69) is 46.8 Å². The second-order valence-corrected chi connectivity index (χ2v) is 8.17. The molecular formula is C20H22BrN7O2. The molecule has 2 amide bonds. The number of halogens is 1. The van der Waals surface area contributed by atoms with Gasteiger partial charge in [-0.3, -0.25) is 9.59 Å². The summed E-state index contributed by atoms with van der Waals surface area (Å²) in [6, 6.07) is 9.37. The molecule has 0 spiro atoms. The van der Waals surface area contributed by atoms with Crippen molar-refractivity contribution < 1.29 is 9.59 Å². The predicted octanol–water partition coefficient (Wildman–Crippen LogP) is 2.17. The maximum Gasteiger partial charge on any atom is 0.243 e. The first kappa shape index (κ1) is 20.3. The lowest BCUT2D eigenvalue weighted by molar-refractivity contribution is -0.127. The van der Waals surface area contributed by atoms with Crippen LogP contribution in [0.4, 0.5) is 11.5 Å². The van der Waals surface area contributed by atoms with Crippen LogP contribution in [-0.2, 0) is 9.59 Å². The molecule has 0 unspecified atom stereocenters. The van der Waals surface area contributed by atoms with E-state index in [-0.39, 0.29) is 24.3 Å². The first-order valence-electron chi connectivity index (χ1n) is 9.75. The third kappa shape index (κ3) is 4.59. The van der Waals surface area contributed by atoms with Crippen LogP contribution in [0.1, 0.15) is 18.4 Å². The third-order valence-electron chi connectivity index (χ3n) is 5.20. The van der Waals surface area contributed by atoms with Crippen molar-refractivity contribution in [3.05, 3.63) is 46.7 Å². The lowest BCUT2D eigenvalue weighted by Crippen LogP contribution is -2.42. The number of carbonyl (C=O) groups excluding carboxylic acids is 2. The number of anilines is 2. The summed E-state index contributed by atoms with van der Waals surface area (Å²) in [5.74, 6) is 0.404. The number of benzene rings is 1. The van der Waals surface area contributed by atoms with Crippen LogP contribution in [0.5, 0.6) is 0 Å². The lowest BCUT2D eigenvalue weighted by Gasteiger charge is -2.31. The summed E-state index contributed by atoms with van der Waals surface area (Å²) in [4.78, 5) is 26.8. The van der Waals surface area contributed by atoms with Gasteiger partial charge in [0.05, 0.1) is 6.54 Å². The molecule has 1 saturated heterocycles. The minimum Gasteiger partial charge on any atom is -0.355 e. The zero-order chi connectivity index (χ0) is 21.1. The summed E-state index contributed by atoms with van der Waals surface area (Å²) >= 11 is 3.43. The molecule has 2 aromatic heterocycles. The Labute approximate surface area is 182 Å². The molecular weight excluding hydrogens is 450 g/mol. The number of aromatic nitrogens is 4.